The van der Waals surface area contributed by atoms with Gasteiger partial charge in [0.2, 0.25) is 0 Å². The molecule has 0 unspecified atom stereocenters. The average molecular weight is 366 g/mol. The number of thiophene rings is 1. The molecule has 1 aliphatic carbocycles. The quantitative estimate of drug-likeness (QED) is 0.843. The predicted molar refractivity (Wildman–Crippen MR) is 92.5 cm³/mol. The molecule has 1 aliphatic rings. The van der Waals surface area contributed by atoms with Gasteiger partial charge in [0.25, 0.3) is 5.91 Å². The third-order valence-electron chi connectivity index (χ3n) is 3.91. The first-order chi connectivity index (χ1) is 11.6. The fourth-order valence-corrected chi connectivity index (χ4v) is 4.10. The van der Waals surface area contributed by atoms with Crippen molar-refractivity contribution in [2.24, 2.45) is 0 Å². The predicted octanol–water partition coefficient (Wildman–Crippen LogP) is 3.34. The number of hydrogen-bond acceptors (Lipinski definition) is 5. The van der Waals surface area contributed by atoms with Crippen molar-refractivity contribution in [2.45, 2.75) is 31.8 Å². The minimum absolute atomic E-state index is 0.0477. The summed E-state index contributed by atoms with van der Waals surface area (Å²) in [4.78, 5) is 36.1. The van der Waals surface area contributed by atoms with E-state index >= 15 is 0 Å². The highest BCUT2D eigenvalue weighted by molar-refractivity contribution is 7.21. The van der Waals surface area contributed by atoms with Crippen LogP contribution in [-0.2, 0) is 14.3 Å². The van der Waals surface area contributed by atoms with Crippen molar-refractivity contribution < 1.29 is 19.1 Å². The van der Waals surface area contributed by atoms with Crippen LogP contribution in [-0.4, -0.2) is 30.3 Å². The number of ether oxygens (including phenoxy) is 1. The molecule has 0 spiro atoms. The summed E-state index contributed by atoms with van der Waals surface area (Å²) in [6.07, 6.45) is 2.04. The van der Waals surface area contributed by atoms with Gasteiger partial charge in [-0.25, -0.2) is 0 Å². The molecule has 1 saturated carbocycles. The van der Waals surface area contributed by atoms with E-state index in [-0.39, 0.29) is 12.3 Å². The summed E-state index contributed by atoms with van der Waals surface area (Å²) in [7, 11) is 0. The Hall–Kier alpha value is -1.92. The monoisotopic (exact) mass is 365 g/mol. The molecule has 0 aliphatic heterocycles. The summed E-state index contributed by atoms with van der Waals surface area (Å²) in [5.74, 6) is -1.08. The first kappa shape index (κ1) is 16.9. The van der Waals surface area contributed by atoms with Gasteiger partial charge in [0, 0.05) is 16.5 Å². The zero-order chi connectivity index (χ0) is 17.1. The van der Waals surface area contributed by atoms with E-state index in [0.29, 0.717) is 22.7 Å². The second-order valence-electron chi connectivity index (χ2n) is 5.61. The summed E-state index contributed by atoms with van der Waals surface area (Å²) in [5, 5.41) is 3.69. The van der Waals surface area contributed by atoms with Gasteiger partial charge >= 0.3 is 5.97 Å². The van der Waals surface area contributed by atoms with E-state index in [4.69, 9.17) is 16.3 Å². The molecule has 0 saturated heterocycles. The van der Waals surface area contributed by atoms with Crippen molar-refractivity contribution in [3.8, 4) is 0 Å². The Kier molecular flexibility index (Phi) is 5.16. The molecule has 1 fully saturated rings. The van der Waals surface area contributed by atoms with E-state index in [0.717, 1.165) is 22.9 Å². The molecule has 1 aromatic carbocycles. The molecule has 5 nitrogen and oxygen atoms in total. The van der Waals surface area contributed by atoms with E-state index < -0.39 is 18.0 Å². The molecule has 1 heterocycles. The molecule has 1 atom stereocenters. The van der Waals surface area contributed by atoms with Crippen LogP contribution >= 0.6 is 22.9 Å². The van der Waals surface area contributed by atoms with Gasteiger partial charge in [0.05, 0.1) is 5.02 Å². The summed E-state index contributed by atoms with van der Waals surface area (Å²) in [6, 6.07) is 7.44. The molecule has 0 bridgehead atoms. The van der Waals surface area contributed by atoms with Gasteiger partial charge < -0.3 is 10.1 Å². The number of esters is 1. The summed E-state index contributed by atoms with van der Waals surface area (Å²) in [5.41, 5.74) is 0. The molecule has 1 aromatic heterocycles. The number of Topliss-reactive ketones (excluding diaryl/α,β-unsaturated/α-hetero) is 1. The maximum Gasteiger partial charge on any atom is 0.326 e. The number of benzene rings is 1. The SMILES string of the molecule is O=C(CNC(=O)c1sc2ccccc2c1Cl)O[C@@H]1CCCCC1=O. The normalized spacial score (nSPS) is 17.7. The Morgan fingerprint density at radius 2 is 2.08 bits per heavy atom. The van der Waals surface area contributed by atoms with Crippen LogP contribution in [0, 0.1) is 0 Å². The van der Waals surface area contributed by atoms with Crippen molar-refractivity contribution in [1.82, 2.24) is 5.32 Å². The molecule has 1 N–H and O–H groups in total. The number of fused-ring (bicyclic) bond motifs is 1. The first-order valence-electron chi connectivity index (χ1n) is 7.73. The third-order valence-corrected chi connectivity index (χ3v) is 5.58. The van der Waals surface area contributed by atoms with Crippen LogP contribution in [0.4, 0.5) is 0 Å². The van der Waals surface area contributed by atoms with Crippen LogP contribution < -0.4 is 5.32 Å². The highest BCUT2D eigenvalue weighted by Gasteiger charge is 2.26. The Balaban J connectivity index is 1.59. The van der Waals surface area contributed by atoms with Crippen LogP contribution in [0.2, 0.25) is 5.02 Å². The zero-order valence-electron chi connectivity index (χ0n) is 12.8. The number of amides is 1. The van der Waals surface area contributed by atoms with Crippen LogP contribution in [0.3, 0.4) is 0 Å². The fourth-order valence-electron chi connectivity index (χ4n) is 2.67. The highest BCUT2D eigenvalue weighted by atomic mass is 35.5. The number of carbonyl (C=O) groups excluding carboxylic acids is 3. The molecular formula is C17H16ClNO4S. The topological polar surface area (TPSA) is 72.5 Å². The average Bonchev–Trinajstić information content (AvgIpc) is 2.92. The van der Waals surface area contributed by atoms with Crippen LogP contribution in [0.1, 0.15) is 35.4 Å². The Labute approximate surface area is 147 Å². The van der Waals surface area contributed by atoms with Gasteiger partial charge in [0.15, 0.2) is 11.9 Å². The minimum atomic E-state index is -0.670. The molecule has 7 heteroatoms. The lowest BCUT2D eigenvalue weighted by molar-refractivity contribution is -0.155. The van der Waals surface area contributed by atoms with Gasteiger partial charge in [-0.05, 0) is 25.3 Å². The van der Waals surface area contributed by atoms with Crippen molar-refractivity contribution in [1.29, 1.82) is 0 Å². The molecule has 24 heavy (non-hydrogen) atoms. The maximum atomic E-state index is 12.2. The minimum Gasteiger partial charge on any atom is -0.453 e. The largest absolute Gasteiger partial charge is 0.453 e. The lowest BCUT2D eigenvalue weighted by Crippen LogP contribution is -2.36. The Morgan fingerprint density at radius 1 is 1.29 bits per heavy atom. The van der Waals surface area contributed by atoms with E-state index in [9.17, 15) is 14.4 Å². The smallest absolute Gasteiger partial charge is 0.326 e. The lowest BCUT2D eigenvalue weighted by Gasteiger charge is -2.20. The summed E-state index contributed by atoms with van der Waals surface area (Å²) >= 11 is 7.50. The van der Waals surface area contributed by atoms with Crippen molar-refractivity contribution >= 4 is 50.7 Å². The number of carbonyl (C=O) groups is 3. The van der Waals surface area contributed by atoms with E-state index in [1.54, 1.807) is 0 Å². The summed E-state index contributed by atoms with van der Waals surface area (Å²) < 4.78 is 6.05. The zero-order valence-corrected chi connectivity index (χ0v) is 14.4. The van der Waals surface area contributed by atoms with Crippen LogP contribution in [0.25, 0.3) is 10.1 Å². The molecule has 126 valence electrons. The van der Waals surface area contributed by atoms with Crippen molar-refractivity contribution in [2.75, 3.05) is 6.54 Å². The lowest BCUT2D eigenvalue weighted by atomic mass is 9.96. The van der Waals surface area contributed by atoms with Gasteiger partial charge in [-0.2, -0.15) is 0 Å². The van der Waals surface area contributed by atoms with Gasteiger partial charge in [0.1, 0.15) is 11.4 Å². The van der Waals surface area contributed by atoms with Crippen molar-refractivity contribution in [3.05, 3.63) is 34.2 Å². The van der Waals surface area contributed by atoms with Crippen LogP contribution in [0.15, 0.2) is 24.3 Å². The number of rotatable bonds is 4. The first-order valence-corrected chi connectivity index (χ1v) is 8.93. The highest BCUT2D eigenvalue weighted by Crippen LogP contribution is 2.34. The fraction of sp³-hybridized carbons (Fsp3) is 0.353. The molecule has 2 aromatic rings. The second-order valence-corrected chi connectivity index (χ2v) is 7.04. The van der Waals surface area contributed by atoms with E-state index in [2.05, 4.69) is 5.32 Å². The van der Waals surface area contributed by atoms with Gasteiger partial charge in [-0.3, -0.25) is 14.4 Å². The van der Waals surface area contributed by atoms with Crippen molar-refractivity contribution in [3.63, 3.8) is 0 Å². The molecule has 3 rings (SSSR count). The van der Waals surface area contributed by atoms with Gasteiger partial charge in [-0.1, -0.05) is 29.8 Å². The third kappa shape index (κ3) is 3.60. The molecule has 0 radical (unpaired) electrons. The number of ketones is 1. The van der Waals surface area contributed by atoms with E-state index in [1.807, 2.05) is 24.3 Å². The Morgan fingerprint density at radius 3 is 2.83 bits per heavy atom. The molecule has 1 amide bonds. The number of hydrogen-bond donors (Lipinski definition) is 1. The van der Waals surface area contributed by atoms with Gasteiger partial charge in [-0.15, -0.1) is 11.3 Å². The number of halogens is 1. The standard InChI is InChI=1S/C17H16ClNO4S/c18-15-10-5-1-4-8-13(10)24-16(15)17(22)19-9-14(21)23-12-7-3-2-6-11(12)20/h1,4-5,8,12H,2-3,6-7,9H2,(H,19,22)/t12-/m1/s1. The number of nitrogens with one attached hydrogen (secondary N) is 1. The van der Waals surface area contributed by atoms with Crippen LogP contribution in [0.5, 0.6) is 0 Å². The van der Waals surface area contributed by atoms with E-state index in [1.165, 1.54) is 11.3 Å². The maximum absolute atomic E-state index is 12.2. The Bertz CT molecular complexity index is 801. The second kappa shape index (κ2) is 7.32. The molecular weight excluding hydrogens is 350 g/mol. The summed E-state index contributed by atoms with van der Waals surface area (Å²) in [6.45, 7) is -0.285.